The summed E-state index contributed by atoms with van der Waals surface area (Å²) in [4.78, 5) is 1.48. The van der Waals surface area contributed by atoms with Crippen LogP contribution in [0.4, 0.5) is 0 Å². The molecule has 1 aromatic carbocycles. The van der Waals surface area contributed by atoms with E-state index in [-0.39, 0.29) is 5.41 Å². The minimum absolute atomic E-state index is 0.248. The summed E-state index contributed by atoms with van der Waals surface area (Å²) >= 11 is 5.59. The van der Waals surface area contributed by atoms with Crippen LogP contribution < -0.4 is 5.32 Å². The Kier molecular flexibility index (Phi) is 4.82. The van der Waals surface area contributed by atoms with E-state index in [1.54, 1.807) is 11.1 Å². The predicted molar refractivity (Wildman–Crippen MR) is 95.3 cm³/mol. The van der Waals surface area contributed by atoms with Gasteiger partial charge in [-0.1, -0.05) is 31.2 Å². The van der Waals surface area contributed by atoms with Crippen molar-refractivity contribution in [2.24, 2.45) is 0 Å². The Morgan fingerprint density at radius 3 is 2.90 bits per heavy atom. The summed E-state index contributed by atoms with van der Waals surface area (Å²) in [6.45, 7) is 4.31. The molecule has 1 atom stereocenters. The van der Waals surface area contributed by atoms with Crippen LogP contribution in [0, 0.1) is 0 Å². The van der Waals surface area contributed by atoms with E-state index in [1.807, 2.05) is 11.3 Å². The molecular weight excluding hydrogens is 342 g/mol. The van der Waals surface area contributed by atoms with E-state index in [2.05, 4.69) is 63.9 Å². The van der Waals surface area contributed by atoms with Gasteiger partial charge < -0.3 is 5.32 Å². The summed E-state index contributed by atoms with van der Waals surface area (Å²) in [5.74, 6) is 0. The van der Waals surface area contributed by atoms with Gasteiger partial charge in [-0.3, -0.25) is 0 Å². The number of hydrogen-bond donors (Lipinski definition) is 1. The molecule has 2 aromatic rings. The van der Waals surface area contributed by atoms with Crippen molar-refractivity contribution in [1.29, 1.82) is 0 Å². The highest BCUT2D eigenvalue weighted by Crippen LogP contribution is 2.41. The second-order valence-electron chi connectivity index (χ2n) is 5.94. The van der Waals surface area contributed by atoms with Gasteiger partial charge in [0.1, 0.15) is 0 Å². The minimum atomic E-state index is 0.248. The van der Waals surface area contributed by atoms with Crippen LogP contribution in [-0.4, -0.2) is 13.1 Å². The van der Waals surface area contributed by atoms with Crippen molar-refractivity contribution in [3.8, 4) is 0 Å². The molecule has 0 fully saturated rings. The van der Waals surface area contributed by atoms with Gasteiger partial charge in [0, 0.05) is 21.3 Å². The first-order chi connectivity index (χ1) is 10.2. The second kappa shape index (κ2) is 6.64. The molecule has 0 saturated carbocycles. The number of fused-ring (bicyclic) bond motifs is 1. The van der Waals surface area contributed by atoms with Crippen LogP contribution in [0.1, 0.15) is 35.8 Å². The number of hydrogen-bond acceptors (Lipinski definition) is 2. The highest BCUT2D eigenvalue weighted by atomic mass is 79.9. The summed E-state index contributed by atoms with van der Waals surface area (Å²) in [6, 6.07) is 11.2. The normalized spacial score (nSPS) is 21.2. The lowest BCUT2D eigenvalue weighted by Crippen LogP contribution is -2.42. The molecule has 1 aromatic heterocycles. The highest BCUT2D eigenvalue weighted by molar-refractivity contribution is 9.10. The van der Waals surface area contributed by atoms with Crippen molar-refractivity contribution in [3.63, 3.8) is 0 Å². The Labute approximate surface area is 139 Å². The maximum atomic E-state index is 3.72. The summed E-state index contributed by atoms with van der Waals surface area (Å²) in [7, 11) is 0. The van der Waals surface area contributed by atoms with Crippen molar-refractivity contribution < 1.29 is 0 Å². The Morgan fingerprint density at radius 2 is 2.14 bits per heavy atom. The first kappa shape index (κ1) is 15.3. The van der Waals surface area contributed by atoms with Crippen LogP contribution in [0.25, 0.3) is 0 Å². The summed E-state index contributed by atoms with van der Waals surface area (Å²) in [5.41, 5.74) is 3.37. The van der Waals surface area contributed by atoms with Crippen molar-refractivity contribution >= 4 is 27.3 Å². The molecule has 0 amide bonds. The Bertz CT molecular complexity index is 607. The van der Waals surface area contributed by atoms with Crippen molar-refractivity contribution in [1.82, 2.24) is 5.32 Å². The molecule has 0 radical (unpaired) electrons. The van der Waals surface area contributed by atoms with E-state index in [1.165, 1.54) is 28.6 Å². The van der Waals surface area contributed by atoms with E-state index in [0.29, 0.717) is 0 Å². The molecule has 3 heteroatoms. The largest absolute Gasteiger partial charge is 0.316 e. The number of benzene rings is 1. The molecule has 1 unspecified atom stereocenters. The third kappa shape index (κ3) is 3.10. The predicted octanol–water partition coefficient (Wildman–Crippen LogP) is 4.94. The molecule has 1 aliphatic carbocycles. The van der Waals surface area contributed by atoms with Crippen molar-refractivity contribution in [2.75, 3.05) is 13.1 Å². The average Bonchev–Trinajstić information content (AvgIpc) is 2.91. The molecule has 0 spiro atoms. The van der Waals surface area contributed by atoms with Crippen molar-refractivity contribution in [2.45, 2.75) is 38.0 Å². The quantitative estimate of drug-likeness (QED) is 0.793. The fourth-order valence-electron chi connectivity index (χ4n) is 3.56. The Morgan fingerprint density at radius 1 is 1.29 bits per heavy atom. The van der Waals surface area contributed by atoms with Crippen LogP contribution in [0.5, 0.6) is 0 Å². The molecule has 112 valence electrons. The van der Waals surface area contributed by atoms with Gasteiger partial charge in [-0.05, 0) is 70.7 Å². The summed E-state index contributed by atoms with van der Waals surface area (Å²) in [5, 5.41) is 5.81. The topological polar surface area (TPSA) is 12.0 Å². The Balaban J connectivity index is 2.00. The zero-order valence-corrected chi connectivity index (χ0v) is 14.9. The number of thiophene rings is 1. The summed E-state index contributed by atoms with van der Waals surface area (Å²) in [6.07, 6.45) is 4.94. The van der Waals surface area contributed by atoms with Gasteiger partial charge in [0.2, 0.25) is 0 Å². The van der Waals surface area contributed by atoms with Crippen LogP contribution in [-0.2, 0) is 18.3 Å². The van der Waals surface area contributed by atoms with E-state index in [9.17, 15) is 0 Å². The maximum Gasteiger partial charge on any atom is 0.0314 e. The fourth-order valence-corrected chi connectivity index (χ4v) is 5.20. The first-order valence-electron chi connectivity index (χ1n) is 7.76. The SMILES string of the molecule is CCNCC1(Cc2sccc2Br)CCCc2ccccc21. The second-order valence-corrected chi connectivity index (χ2v) is 7.79. The third-order valence-electron chi connectivity index (χ3n) is 4.59. The number of aryl methyl sites for hydroxylation is 1. The molecule has 1 heterocycles. The lowest BCUT2D eigenvalue weighted by Gasteiger charge is -2.39. The Hall–Kier alpha value is -0.640. The molecule has 1 aliphatic rings. The van der Waals surface area contributed by atoms with Crippen LogP contribution >= 0.6 is 27.3 Å². The van der Waals surface area contributed by atoms with Gasteiger partial charge in [0.05, 0.1) is 0 Å². The van der Waals surface area contributed by atoms with Gasteiger partial charge in [0.25, 0.3) is 0 Å². The molecule has 1 nitrogen and oxygen atoms in total. The van der Waals surface area contributed by atoms with E-state index < -0.39 is 0 Å². The zero-order valence-electron chi connectivity index (χ0n) is 12.5. The number of rotatable bonds is 5. The highest BCUT2D eigenvalue weighted by Gasteiger charge is 2.36. The zero-order chi connectivity index (χ0) is 14.7. The smallest absolute Gasteiger partial charge is 0.0314 e. The molecular formula is C18H22BrNS. The lowest BCUT2D eigenvalue weighted by molar-refractivity contribution is 0.340. The van der Waals surface area contributed by atoms with Gasteiger partial charge in [-0.2, -0.15) is 0 Å². The maximum absolute atomic E-state index is 3.72. The molecule has 0 saturated heterocycles. The van der Waals surface area contributed by atoms with Crippen molar-refractivity contribution in [3.05, 3.63) is 56.2 Å². The van der Waals surface area contributed by atoms with Crippen LogP contribution in [0.2, 0.25) is 0 Å². The molecule has 3 rings (SSSR count). The monoisotopic (exact) mass is 363 g/mol. The number of likely N-dealkylation sites (N-methyl/N-ethyl adjacent to an activating group) is 1. The van der Waals surface area contributed by atoms with Gasteiger partial charge in [0.15, 0.2) is 0 Å². The van der Waals surface area contributed by atoms with Crippen LogP contribution in [0.15, 0.2) is 40.2 Å². The lowest BCUT2D eigenvalue weighted by atomic mass is 9.67. The molecule has 0 bridgehead atoms. The third-order valence-corrected chi connectivity index (χ3v) is 6.52. The number of halogens is 1. The molecule has 1 N–H and O–H groups in total. The first-order valence-corrected chi connectivity index (χ1v) is 9.43. The summed E-state index contributed by atoms with van der Waals surface area (Å²) < 4.78 is 1.27. The standard InChI is InChI=1S/C18H22BrNS/c1-2-20-13-18(12-17-16(19)9-11-21-17)10-5-7-14-6-3-4-8-15(14)18/h3-4,6,8-9,11,20H,2,5,7,10,12-13H2,1H3. The van der Waals surface area contributed by atoms with E-state index >= 15 is 0 Å². The molecule has 21 heavy (non-hydrogen) atoms. The number of nitrogens with one attached hydrogen (secondary N) is 1. The average molecular weight is 364 g/mol. The minimum Gasteiger partial charge on any atom is -0.316 e. The van der Waals surface area contributed by atoms with E-state index in [0.717, 1.165) is 19.5 Å². The van der Waals surface area contributed by atoms with Gasteiger partial charge >= 0.3 is 0 Å². The van der Waals surface area contributed by atoms with Gasteiger partial charge in [-0.15, -0.1) is 11.3 Å². The van der Waals surface area contributed by atoms with Gasteiger partial charge in [-0.25, -0.2) is 0 Å². The fraction of sp³-hybridized carbons (Fsp3) is 0.444. The van der Waals surface area contributed by atoms with E-state index in [4.69, 9.17) is 0 Å². The molecule has 0 aliphatic heterocycles. The van der Waals surface area contributed by atoms with Crippen LogP contribution in [0.3, 0.4) is 0 Å².